The molecule has 0 atom stereocenters. The molecule has 0 aliphatic carbocycles. The van der Waals surface area contributed by atoms with Crippen LogP contribution in [0, 0.1) is 0 Å². The summed E-state index contributed by atoms with van der Waals surface area (Å²) in [4.78, 5) is 0. The Morgan fingerprint density at radius 2 is 2.15 bits per heavy atom. The molecule has 1 aliphatic rings. The van der Waals surface area contributed by atoms with Crippen LogP contribution in [-0.2, 0) is 12.5 Å². The number of nitrogens with one attached hydrogen (secondary N) is 1. The highest BCUT2D eigenvalue weighted by molar-refractivity contribution is 5.57. The summed E-state index contributed by atoms with van der Waals surface area (Å²) in [6.07, 6.45) is 0.895. The van der Waals surface area contributed by atoms with E-state index in [0.29, 0.717) is 0 Å². The zero-order valence-electron chi connectivity index (χ0n) is 6.98. The zero-order valence-corrected chi connectivity index (χ0v) is 6.98. The van der Waals surface area contributed by atoms with Crippen LogP contribution in [-0.4, -0.2) is 6.54 Å². The number of hydrogen-bond donors (Lipinski definition) is 2. The fraction of sp³-hybridized carbons (Fsp3) is 0.333. The monoisotopic (exact) mass is 184 g/mol. The van der Waals surface area contributed by atoms with Gasteiger partial charge in [-0.25, -0.2) is 0 Å². The van der Waals surface area contributed by atoms with Gasteiger partial charge in [0.15, 0.2) is 0 Å². The summed E-state index contributed by atoms with van der Waals surface area (Å²) in [6.45, 7) is 0.814. The smallest absolute Gasteiger partial charge is 0.327 e. The Bertz CT molecular complexity index is 331. The number of fused-ring (bicyclic) bond motifs is 1. The van der Waals surface area contributed by atoms with Gasteiger partial charge in [-0.3, -0.25) is 5.73 Å². The van der Waals surface area contributed by atoms with E-state index < -0.39 is 6.05 Å². The van der Waals surface area contributed by atoms with Crippen molar-refractivity contribution in [2.24, 2.45) is 5.73 Å². The van der Waals surface area contributed by atoms with Gasteiger partial charge >= 0.3 is 6.05 Å². The molecule has 0 unspecified atom stereocenters. The Balaban J connectivity index is 2.42. The first-order chi connectivity index (χ1) is 6.07. The molecule has 1 aliphatic heterocycles. The summed E-state index contributed by atoms with van der Waals surface area (Å²) in [7, 11) is 0. The first kappa shape index (κ1) is 8.44. The minimum atomic E-state index is -3.24. The largest absolute Gasteiger partial charge is 0.384 e. The molecule has 13 heavy (non-hydrogen) atoms. The average Bonchev–Trinajstić information content (AvgIpc) is 2.47. The first-order valence-electron chi connectivity index (χ1n) is 4.11. The van der Waals surface area contributed by atoms with Crippen LogP contribution in [0.5, 0.6) is 0 Å². The van der Waals surface area contributed by atoms with Crippen molar-refractivity contribution in [2.75, 3.05) is 11.9 Å². The minimum absolute atomic E-state index is 0.138. The maximum Gasteiger partial charge on any atom is 0.327 e. The first-order valence-corrected chi connectivity index (χ1v) is 4.11. The van der Waals surface area contributed by atoms with Crippen molar-refractivity contribution in [3.8, 4) is 0 Å². The lowest BCUT2D eigenvalue weighted by molar-refractivity contribution is 0.00303. The number of anilines is 1. The molecule has 0 aromatic heterocycles. The molecule has 2 nitrogen and oxygen atoms in total. The Morgan fingerprint density at radius 1 is 1.38 bits per heavy atom. The van der Waals surface area contributed by atoms with Gasteiger partial charge in [0, 0.05) is 17.8 Å². The molecule has 0 spiro atoms. The molecule has 0 saturated heterocycles. The van der Waals surface area contributed by atoms with Crippen molar-refractivity contribution < 1.29 is 8.78 Å². The summed E-state index contributed by atoms with van der Waals surface area (Å²) in [6, 6.07) is 1.26. The normalized spacial score (nSPS) is 15.3. The number of rotatable bonds is 1. The van der Waals surface area contributed by atoms with Gasteiger partial charge in [-0.15, -0.1) is 0 Å². The molecule has 3 N–H and O–H groups in total. The second kappa shape index (κ2) is 2.67. The van der Waals surface area contributed by atoms with Crippen LogP contribution < -0.4 is 11.1 Å². The van der Waals surface area contributed by atoms with E-state index in [0.717, 1.165) is 24.2 Å². The van der Waals surface area contributed by atoms with Crippen LogP contribution in [0.3, 0.4) is 0 Å². The fourth-order valence-corrected chi connectivity index (χ4v) is 1.50. The van der Waals surface area contributed by atoms with E-state index in [1.54, 1.807) is 6.07 Å². The number of nitrogens with two attached hydrogens (primary N) is 1. The van der Waals surface area contributed by atoms with Crippen LogP contribution in [0.1, 0.15) is 11.1 Å². The van der Waals surface area contributed by atoms with Crippen LogP contribution in [0.2, 0.25) is 0 Å². The lowest BCUT2D eigenvalue weighted by Gasteiger charge is -2.11. The summed E-state index contributed by atoms with van der Waals surface area (Å²) < 4.78 is 25.3. The Labute approximate surface area is 74.7 Å². The third-order valence-electron chi connectivity index (χ3n) is 2.20. The second-order valence-corrected chi connectivity index (χ2v) is 3.17. The zero-order chi connectivity index (χ0) is 9.47. The lowest BCUT2D eigenvalue weighted by Crippen LogP contribution is -2.25. The molecule has 2 rings (SSSR count). The Kier molecular flexibility index (Phi) is 1.73. The van der Waals surface area contributed by atoms with Crippen molar-refractivity contribution in [1.29, 1.82) is 0 Å². The molecule has 70 valence electrons. The van der Waals surface area contributed by atoms with E-state index in [4.69, 9.17) is 0 Å². The number of hydrogen-bond acceptors (Lipinski definition) is 2. The van der Waals surface area contributed by atoms with Gasteiger partial charge in [-0.2, -0.15) is 8.78 Å². The van der Waals surface area contributed by atoms with E-state index in [-0.39, 0.29) is 5.56 Å². The van der Waals surface area contributed by atoms with Gasteiger partial charge in [-0.05, 0) is 18.1 Å². The van der Waals surface area contributed by atoms with E-state index in [1.165, 1.54) is 12.1 Å². The van der Waals surface area contributed by atoms with Crippen molar-refractivity contribution in [2.45, 2.75) is 12.5 Å². The van der Waals surface area contributed by atoms with E-state index in [2.05, 4.69) is 11.1 Å². The minimum Gasteiger partial charge on any atom is -0.384 e. The second-order valence-electron chi connectivity index (χ2n) is 3.17. The quantitative estimate of drug-likeness (QED) is 0.651. The van der Waals surface area contributed by atoms with Gasteiger partial charge in [-0.1, -0.05) is 12.1 Å². The van der Waals surface area contributed by atoms with Crippen molar-refractivity contribution >= 4 is 5.69 Å². The SMILES string of the molecule is NC(F)(F)c1ccc2c(c1)NCC2. The predicted molar refractivity (Wildman–Crippen MR) is 46.7 cm³/mol. The predicted octanol–water partition coefficient (Wildman–Crippen LogP) is 1.66. The van der Waals surface area contributed by atoms with E-state index in [1.807, 2.05) is 0 Å². The molecule has 1 aromatic carbocycles. The van der Waals surface area contributed by atoms with Crippen molar-refractivity contribution in [3.63, 3.8) is 0 Å². The lowest BCUT2D eigenvalue weighted by atomic mass is 10.1. The summed E-state index contributed by atoms with van der Waals surface area (Å²) in [5.74, 6) is 0. The molecular weight excluding hydrogens is 174 g/mol. The summed E-state index contributed by atoms with van der Waals surface area (Å²) >= 11 is 0. The molecule has 0 fully saturated rings. The summed E-state index contributed by atoms with van der Waals surface area (Å²) in [5, 5.41) is 3.02. The highest BCUT2D eigenvalue weighted by Gasteiger charge is 2.26. The van der Waals surface area contributed by atoms with E-state index in [9.17, 15) is 8.78 Å². The fourth-order valence-electron chi connectivity index (χ4n) is 1.50. The van der Waals surface area contributed by atoms with Gasteiger partial charge in [0.25, 0.3) is 0 Å². The van der Waals surface area contributed by atoms with Crippen LogP contribution in [0.4, 0.5) is 14.5 Å². The molecule has 4 heteroatoms. The van der Waals surface area contributed by atoms with Crippen molar-refractivity contribution in [3.05, 3.63) is 29.3 Å². The van der Waals surface area contributed by atoms with Gasteiger partial charge in [0.2, 0.25) is 0 Å². The Morgan fingerprint density at radius 3 is 2.85 bits per heavy atom. The molecule has 0 saturated carbocycles. The van der Waals surface area contributed by atoms with E-state index >= 15 is 0 Å². The number of benzene rings is 1. The standard InChI is InChI=1S/C9H10F2N2/c10-9(11,12)7-2-1-6-3-4-13-8(6)5-7/h1-2,5,13H,3-4,12H2. The summed E-state index contributed by atoms with van der Waals surface area (Å²) in [5.41, 5.74) is 6.41. The molecule has 1 aromatic rings. The molecule has 0 amide bonds. The maximum absolute atomic E-state index is 12.7. The average molecular weight is 184 g/mol. The van der Waals surface area contributed by atoms with Crippen LogP contribution in [0.25, 0.3) is 0 Å². The highest BCUT2D eigenvalue weighted by Crippen LogP contribution is 2.29. The third-order valence-corrected chi connectivity index (χ3v) is 2.20. The maximum atomic E-state index is 12.7. The molecular formula is C9H10F2N2. The molecule has 0 bridgehead atoms. The van der Waals surface area contributed by atoms with Gasteiger partial charge < -0.3 is 5.32 Å². The van der Waals surface area contributed by atoms with Gasteiger partial charge in [0.1, 0.15) is 0 Å². The molecule has 0 radical (unpaired) electrons. The van der Waals surface area contributed by atoms with Gasteiger partial charge in [0.05, 0.1) is 0 Å². The topological polar surface area (TPSA) is 38.0 Å². The molecule has 1 heterocycles. The Hall–Kier alpha value is -1.16. The number of alkyl halides is 2. The van der Waals surface area contributed by atoms with Crippen LogP contribution in [0.15, 0.2) is 18.2 Å². The van der Waals surface area contributed by atoms with Crippen molar-refractivity contribution in [1.82, 2.24) is 0 Å². The highest BCUT2D eigenvalue weighted by atomic mass is 19.3. The number of halogens is 2. The van der Waals surface area contributed by atoms with Crippen LogP contribution >= 0.6 is 0 Å². The third kappa shape index (κ3) is 1.49.